The lowest BCUT2D eigenvalue weighted by Crippen LogP contribution is -2.48. The van der Waals surface area contributed by atoms with Crippen LogP contribution >= 0.6 is 0 Å². The van der Waals surface area contributed by atoms with Crippen LogP contribution < -0.4 is 9.64 Å². The minimum absolute atomic E-state index is 0.122. The van der Waals surface area contributed by atoms with E-state index >= 15 is 0 Å². The summed E-state index contributed by atoms with van der Waals surface area (Å²) in [4.78, 5) is 7.00. The van der Waals surface area contributed by atoms with Crippen molar-refractivity contribution in [3.8, 4) is 5.75 Å². The van der Waals surface area contributed by atoms with Gasteiger partial charge in [0.1, 0.15) is 11.6 Å². The van der Waals surface area contributed by atoms with E-state index in [9.17, 15) is 4.39 Å². The zero-order valence-corrected chi connectivity index (χ0v) is 16.9. The van der Waals surface area contributed by atoms with E-state index < -0.39 is 0 Å². The summed E-state index contributed by atoms with van der Waals surface area (Å²) in [5, 5.41) is 0. The Bertz CT molecular complexity index is 827. The highest BCUT2D eigenvalue weighted by Crippen LogP contribution is 2.45. The molecule has 144 valence electrons. The van der Waals surface area contributed by atoms with Crippen LogP contribution in [0.4, 0.5) is 15.8 Å². The van der Waals surface area contributed by atoms with Crippen LogP contribution in [0.1, 0.15) is 57.6 Å². The molecule has 0 bridgehead atoms. The highest BCUT2D eigenvalue weighted by Gasteiger charge is 2.36. The van der Waals surface area contributed by atoms with Crippen molar-refractivity contribution in [2.45, 2.75) is 52.0 Å². The highest BCUT2D eigenvalue weighted by atomic mass is 19.1. The maximum atomic E-state index is 13.1. The van der Waals surface area contributed by atoms with Gasteiger partial charge in [0.15, 0.2) is 0 Å². The molecule has 1 atom stereocenters. The van der Waals surface area contributed by atoms with Gasteiger partial charge in [-0.1, -0.05) is 13.8 Å². The van der Waals surface area contributed by atoms with E-state index in [0.717, 1.165) is 36.4 Å². The van der Waals surface area contributed by atoms with Crippen LogP contribution in [0.2, 0.25) is 0 Å². The van der Waals surface area contributed by atoms with Crippen molar-refractivity contribution in [2.24, 2.45) is 4.99 Å². The number of nitrogens with zero attached hydrogens (tertiary/aromatic N) is 2. The molecular weight excluding hydrogens is 339 g/mol. The van der Waals surface area contributed by atoms with Gasteiger partial charge in [-0.3, -0.25) is 4.99 Å². The quantitative estimate of drug-likeness (QED) is 0.597. The molecule has 0 spiro atoms. The van der Waals surface area contributed by atoms with Crippen molar-refractivity contribution in [1.29, 1.82) is 0 Å². The molecule has 3 nitrogen and oxygen atoms in total. The summed E-state index contributed by atoms with van der Waals surface area (Å²) in [7, 11) is 1.69. The van der Waals surface area contributed by atoms with E-state index in [4.69, 9.17) is 4.74 Å². The molecule has 0 saturated carbocycles. The molecule has 4 heteroatoms. The van der Waals surface area contributed by atoms with Gasteiger partial charge in [0, 0.05) is 35.6 Å². The normalized spacial score (nSPS) is 18.6. The second-order valence-corrected chi connectivity index (χ2v) is 7.96. The second-order valence-electron chi connectivity index (χ2n) is 7.96. The highest BCUT2D eigenvalue weighted by molar-refractivity contribution is 5.87. The number of halogens is 1. The van der Waals surface area contributed by atoms with Gasteiger partial charge in [0.25, 0.3) is 0 Å². The smallest absolute Gasteiger partial charge is 0.129 e. The predicted octanol–water partition coefficient (Wildman–Crippen LogP) is 6.09. The summed E-state index contributed by atoms with van der Waals surface area (Å²) in [5.41, 5.74) is 4.39. The first-order valence-corrected chi connectivity index (χ1v) is 9.65. The summed E-state index contributed by atoms with van der Waals surface area (Å²) in [6.07, 6.45) is 4.02. The summed E-state index contributed by atoms with van der Waals surface area (Å²) >= 11 is 0. The van der Waals surface area contributed by atoms with Gasteiger partial charge in [0.05, 0.1) is 12.8 Å². The number of benzene rings is 2. The molecule has 0 N–H and O–H groups in total. The fourth-order valence-corrected chi connectivity index (χ4v) is 4.12. The fraction of sp³-hybridized carbons (Fsp3) is 0.435. The molecule has 0 aliphatic carbocycles. The molecule has 1 heterocycles. The van der Waals surface area contributed by atoms with Crippen LogP contribution in [0.5, 0.6) is 5.75 Å². The first-order chi connectivity index (χ1) is 12.9. The summed E-state index contributed by atoms with van der Waals surface area (Å²) < 4.78 is 18.8. The minimum atomic E-state index is -0.257. The van der Waals surface area contributed by atoms with Crippen LogP contribution in [0.15, 0.2) is 41.4 Å². The summed E-state index contributed by atoms with van der Waals surface area (Å²) in [6.45, 7) is 10.2. The van der Waals surface area contributed by atoms with E-state index in [1.54, 1.807) is 19.2 Å². The van der Waals surface area contributed by atoms with Gasteiger partial charge in [-0.25, -0.2) is 4.39 Å². The van der Waals surface area contributed by atoms with Crippen LogP contribution in [0.3, 0.4) is 0 Å². The standard InChI is InChI=1S/C23H29FN2O/c1-6-11-26-21-13-22(27-5)17(12-20(21)16(2)14-23(26,3)4)15-25-19-9-7-18(24)8-10-19/h7-10,12-13,15-16H,6,11,14H2,1-5H3. The number of hydrogen-bond acceptors (Lipinski definition) is 3. The molecular formula is C23H29FN2O. The Balaban J connectivity index is 2.03. The largest absolute Gasteiger partial charge is 0.496 e. The second kappa shape index (κ2) is 7.71. The maximum absolute atomic E-state index is 13.1. The molecule has 1 aliphatic heterocycles. The van der Waals surface area contributed by atoms with Crippen molar-refractivity contribution in [3.05, 3.63) is 53.3 Å². The number of fused-ring (bicyclic) bond motifs is 1. The minimum Gasteiger partial charge on any atom is -0.496 e. The molecule has 0 saturated heterocycles. The monoisotopic (exact) mass is 368 g/mol. The third-order valence-corrected chi connectivity index (χ3v) is 5.36. The Hall–Kier alpha value is -2.36. The SMILES string of the molecule is CCCN1c2cc(OC)c(C=Nc3ccc(F)cc3)cc2C(C)CC1(C)C. The Morgan fingerprint density at radius 1 is 1.26 bits per heavy atom. The molecule has 3 rings (SSSR count). The number of methoxy groups -OCH3 is 1. The summed E-state index contributed by atoms with van der Waals surface area (Å²) in [5.74, 6) is 1.02. The van der Waals surface area contributed by atoms with Gasteiger partial charge >= 0.3 is 0 Å². The van der Waals surface area contributed by atoms with Gasteiger partial charge in [0.2, 0.25) is 0 Å². The molecule has 27 heavy (non-hydrogen) atoms. The first kappa shape index (κ1) is 19.4. The van der Waals surface area contributed by atoms with Gasteiger partial charge in [-0.2, -0.15) is 0 Å². The number of aliphatic imine (C=N–C) groups is 1. The Morgan fingerprint density at radius 2 is 1.96 bits per heavy atom. The molecule has 2 aromatic carbocycles. The van der Waals surface area contributed by atoms with Crippen LogP contribution in [0, 0.1) is 5.82 Å². The third kappa shape index (κ3) is 4.00. The lowest BCUT2D eigenvalue weighted by atomic mass is 9.79. The van der Waals surface area contributed by atoms with E-state index in [-0.39, 0.29) is 11.4 Å². The number of ether oxygens (including phenoxy) is 1. The Kier molecular flexibility index (Phi) is 5.54. The average Bonchev–Trinajstić information content (AvgIpc) is 2.63. The van der Waals surface area contributed by atoms with Gasteiger partial charge < -0.3 is 9.64 Å². The third-order valence-electron chi connectivity index (χ3n) is 5.36. The lowest BCUT2D eigenvalue weighted by molar-refractivity contribution is 0.372. The lowest BCUT2D eigenvalue weighted by Gasteiger charge is -2.47. The van der Waals surface area contributed by atoms with Crippen molar-refractivity contribution in [2.75, 3.05) is 18.6 Å². The number of anilines is 1. The predicted molar refractivity (Wildman–Crippen MR) is 111 cm³/mol. The van der Waals surface area contributed by atoms with E-state index in [0.29, 0.717) is 5.92 Å². The zero-order valence-electron chi connectivity index (χ0n) is 16.9. The molecule has 1 unspecified atom stereocenters. The van der Waals surface area contributed by atoms with Crippen LogP contribution in [-0.2, 0) is 0 Å². The topological polar surface area (TPSA) is 24.8 Å². The van der Waals surface area contributed by atoms with Crippen LogP contribution in [-0.4, -0.2) is 25.4 Å². The van der Waals surface area contributed by atoms with Gasteiger partial charge in [-0.15, -0.1) is 0 Å². The number of hydrogen-bond donors (Lipinski definition) is 0. The Morgan fingerprint density at radius 3 is 2.59 bits per heavy atom. The molecule has 0 fully saturated rings. The molecule has 0 aromatic heterocycles. The van der Waals surface area contributed by atoms with Crippen molar-refractivity contribution >= 4 is 17.6 Å². The van der Waals surface area contributed by atoms with Crippen LogP contribution in [0.25, 0.3) is 0 Å². The molecule has 0 amide bonds. The van der Waals surface area contributed by atoms with E-state index in [1.807, 2.05) is 6.21 Å². The maximum Gasteiger partial charge on any atom is 0.129 e. The number of rotatable bonds is 5. The van der Waals surface area contributed by atoms with Crippen molar-refractivity contribution in [1.82, 2.24) is 0 Å². The van der Waals surface area contributed by atoms with E-state index in [2.05, 4.69) is 49.7 Å². The molecule has 2 aromatic rings. The van der Waals surface area contributed by atoms with E-state index in [1.165, 1.54) is 23.4 Å². The molecule has 1 aliphatic rings. The average molecular weight is 368 g/mol. The van der Waals surface area contributed by atoms with Crippen molar-refractivity contribution in [3.63, 3.8) is 0 Å². The zero-order chi connectivity index (χ0) is 19.6. The first-order valence-electron chi connectivity index (χ1n) is 9.65. The Labute approximate surface area is 161 Å². The summed E-state index contributed by atoms with van der Waals surface area (Å²) in [6, 6.07) is 10.5. The fourth-order valence-electron chi connectivity index (χ4n) is 4.12. The van der Waals surface area contributed by atoms with Gasteiger partial charge in [-0.05, 0) is 68.5 Å². The van der Waals surface area contributed by atoms with Crippen molar-refractivity contribution < 1.29 is 9.13 Å². The molecule has 0 radical (unpaired) electrons.